The summed E-state index contributed by atoms with van der Waals surface area (Å²) < 4.78 is 2.13. The molecule has 1 N–H and O–H groups in total. The van der Waals surface area contributed by atoms with Crippen LogP contribution in [0.5, 0.6) is 0 Å². The van der Waals surface area contributed by atoms with Gasteiger partial charge in [-0.15, -0.1) is 0 Å². The molecule has 0 fully saturated rings. The van der Waals surface area contributed by atoms with E-state index in [2.05, 4.69) is 14.9 Å². The largest absolute Gasteiger partial charge is 0.319 e. The molecule has 1 aliphatic rings. The van der Waals surface area contributed by atoms with Gasteiger partial charge < -0.3 is 9.88 Å². The summed E-state index contributed by atoms with van der Waals surface area (Å²) >= 11 is 6.18. The Kier molecular flexibility index (Phi) is 2.56. The lowest BCUT2D eigenvalue weighted by molar-refractivity contribution is 0.739. The highest BCUT2D eigenvalue weighted by Crippen LogP contribution is 2.24. The molecule has 3 nitrogen and oxygen atoms in total. The van der Waals surface area contributed by atoms with E-state index in [0.29, 0.717) is 0 Å². The van der Waals surface area contributed by atoms with Gasteiger partial charge in [-0.25, -0.2) is 4.98 Å². The van der Waals surface area contributed by atoms with Gasteiger partial charge in [-0.3, -0.25) is 0 Å². The number of hydrogen-bond donors (Lipinski definition) is 1. The molecule has 0 saturated heterocycles. The first-order chi connectivity index (χ1) is 6.33. The van der Waals surface area contributed by atoms with Crippen molar-refractivity contribution in [2.45, 2.75) is 25.8 Å². The molecule has 1 aliphatic heterocycles. The van der Waals surface area contributed by atoms with Crippen LogP contribution >= 0.6 is 11.6 Å². The average Bonchev–Trinajstić information content (AvgIpc) is 2.67. The number of hydrogen-bond acceptors (Lipinski definition) is 2. The van der Waals surface area contributed by atoms with Crippen LogP contribution in [0, 0.1) is 0 Å². The van der Waals surface area contributed by atoms with Crippen LogP contribution in [0.25, 0.3) is 0 Å². The zero-order chi connectivity index (χ0) is 9.26. The van der Waals surface area contributed by atoms with Crippen molar-refractivity contribution in [3.63, 3.8) is 0 Å². The Morgan fingerprint density at radius 2 is 2.46 bits per heavy atom. The first kappa shape index (κ1) is 9.03. The number of nitrogens with zero attached hydrogens (tertiary/aromatic N) is 2. The molecule has 0 bridgehead atoms. The minimum Gasteiger partial charge on any atom is -0.319 e. The number of aryl methyl sites for hydroxylation is 1. The van der Waals surface area contributed by atoms with E-state index in [1.807, 2.05) is 7.05 Å². The monoisotopic (exact) mass is 199 g/mol. The normalized spacial score (nSPS) is 14.9. The topological polar surface area (TPSA) is 29.9 Å². The molecule has 0 amide bonds. The summed E-state index contributed by atoms with van der Waals surface area (Å²) in [6.07, 6.45) is 3.20. The van der Waals surface area contributed by atoms with Crippen LogP contribution in [0.2, 0.25) is 5.15 Å². The molecule has 0 spiro atoms. The third kappa shape index (κ3) is 1.58. The summed E-state index contributed by atoms with van der Waals surface area (Å²) in [7, 11) is 1.94. The second-order valence-corrected chi connectivity index (χ2v) is 3.73. The Morgan fingerprint density at radius 1 is 1.62 bits per heavy atom. The summed E-state index contributed by atoms with van der Waals surface area (Å²) in [4.78, 5) is 4.52. The van der Waals surface area contributed by atoms with Gasteiger partial charge in [0.1, 0.15) is 11.0 Å². The van der Waals surface area contributed by atoms with Gasteiger partial charge in [-0.2, -0.15) is 0 Å². The molecule has 2 heterocycles. The van der Waals surface area contributed by atoms with Gasteiger partial charge in [0.25, 0.3) is 0 Å². The van der Waals surface area contributed by atoms with E-state index in [1.54, 1.807) is 0 Å². The van der Waals surface area contributed by atoms with Crippen molar-refractivity contribution in [1.29, 1.82) is 0 Å². The van der Waals surface area contributed by atoms with Gasteiger partial charge in [-0.1, -0.05) is 11.6 Å². The fourth-order valence-corrected chi connectivity index (χ4v) is 2.07. The molecule has 0 aromatic carbocycles. The van der Waals surface area contributed by atoms with Crippen molar-refractivity contribution in [3.05, 3.63) is 16.7 Å². The molecule has 0 radical (unpaired) electrons. The summed E-state index contributed by atoms with van der Waals surface area (Å²) in [5, 5.41) is 3.95. The van der Waals surface area contributed by atoms with Crippen molar-refractivity contribution in [1.82, 2.24) is 14.9 Å². The van der Waals surface area contributed by atoms with Crippen LogP contribution < -0.4 is 5.32 Å². The lowest BCUT2D eigenvalue weighted by Gasteiger charge is -1.99. The molecule has 72 valence electrons. The zero-order valence-electron chi connectivity index (χ0n) is 7.81. The number of aromatic nitrogens is 2. The number of rotatable bonds is 3. The van der Waals surface area contributed by atoms with E-state index < -0.39 is 0 Å². The predicted octanol–water partition coefficient (Wildman–Crippen LogP) is 1.24. The summed E-state index contributed by atoms with van der Waals surface area (Å²) in [6.45, 7) is 1.98. The third-order valence-corrected chi connectivity index (χ3v) is 2.87. The fourth-order valence-electron chi connectivity index (χ4n) is 1.75. The lowest BCUT2D eigenvalue weighted by Crippen LogP contribution is -2.11. The second-order valence-electron chi connectivity index (χ2n) is 3.37. The van der Waals surface area contributed by atoms with E-state index in [-0.39, 0.29) is 0 Å². The van der Waals surface area contributed by atoms with Gasteiger partial charge in [0, 0.05) is 25.9 Å². The average molecular weight is 200 g/mol. The van der Waals surface area contributed by atoms with E-state index in [9.17, 15) is 0 Å². The standard InChI is InChI=1S/C9H14ClN3/c1-11-5-4-7-9(10)13-6-2-3-8(13)12-7/h11H,2-6H2,1H3. The van der Waals surface area contributed by atoms with Crippen LogP contribution in [0.15, 0.2) is 0 Å². The molecule has 0 unspecified atom stereocenters. The smallest absolute Gasteiger partial charge is 0.132 e. The van der Waals surface area contributed by atoms with Crippen molar-refractivity contribution < 1.29 is 0 Å². The minimum atomic E-state index is 0.850. The number of imidazole rings is 1. The summed E-state index contributed by atoms with van der Waals surface area (Å²) in [5.74, 6) is 1.16. The number of halogens is 1. The van der Waals surface area contributed by atoms with Crippen LogP contribution in [-0.2, 0) is 19.4 Å². The Labute approximate surface area is 83.1 Å². The van der Waals surface area contributed by atoms with Crippen LogP contribution in [0.1, 0.15) is 17.9 Å². The minimum absolute atomic E-state index is 0.850. The maximum atomic E-state index is 6.18. The van der Waals surface area contributed by atoms with Crippen LogP contribution in [0.3, 0.4) is 0 Å². The zero-order valence-corrected chi connectivity index (χ0v) is 8.56. The van der Waals surface area contributed by atoms with Crippen molar-refractivity contribution >= 4 is 11.6 Å². The van der Waals surface area contributed by atoms with E-state index >= 15 is 0 Å². The lowest BCUT2D eigenvalue weighted by atomic mass is 10.3. The second kappa shape index (κ2) is 3.68. The molecule has 1 aromatic rings. The van der Waals surface area contributed by atoms with Gasteiger partial charge in [0.15, 0.2) is 0 Å². The van der Waals surface area contributed by atoms with Gasteiger partial charge >= 0.3 is 0 Å². The highest BCUT2D eigenvalue weighted by atomic mass is 35.5. The Balaban J connectivity index is 2.18. The van der Waals surface area contributed by atoms with Gasteiger partial charge in [0.2, 0.25) is 0 Å². The Hall–Kier alpha value is -0.540. The molecule has 2 rings (SSSR count). The maximum Gasteiger partial charge on any atom is 0.132 e. The number of nitrogens with one attached hydrogen (secondary N) is 1. The number of fused-ring (bicyclic) bond motifs is 1. The first-order valence-electron chi connectivity index (χ1n) is 4.71. The third-order valence-electron chi connectivity index (χ3n) is 2.44. The SMILES string of the molecule is CNCCc1nc2n(c1Cl)CCC2. The quantitative estimate of drug-likeness (QED) is 0.794. The van der Waals surface area contributed by atoms with E-state index in [4.69, 9.17) is 11.6 Å². The van der Waals surface area contributed by atoms with E-state index in [0.717, 1.165) is 42.6 Å². The van der Waals surface area contributed by atoms with Gasteiger partial charge in [-0.05, 0) is 13.5 Å². The Morgan fingerprint density at radius 3 is 3.15 bits per heavy atom. The highest BCUT2D eigenvalue weighted by molar-refractivity contribution is 6.30. The molecule has 4 heteroatoms. The van der Waals surface area contributed by atoms with Crippen molar-refractivity contribution in [3.8, 4) is 0 Å². The van der Waals surface area contributed by atoms with Crippen molar-refractivity contribution in [2.24, 2.45) is 0 Å². The van der Waals surface area contributed by atoms with Crippen LogP contribution in [-0.4, -0.2) is 23.1 Å². The fraction of sp³-hybridized carbons (Fsp3) is 0.667. The molecule has 0 saturated carbocycles. The molecule has 13 heavy (non-hydrogen) atoms. The first-order valence-corrected chi connectivity index (χ1v) is 5.09. The maximum absolute atomic E-state index is 6.18. The Bertz CT molecular complexity index is 306. The summed E-state index contributed by atoms with van der Waals surface area (Å²) in [5.41, 5.74) is 1.05. The highest BCUT2D eigenvalue weighted by Gasteiger charge is 2.18. The number of likely N-dealkylation sites (N-methyl/N-ethyl adjacent to an activating group) is 1. The van der Waals surface area contributed by atoms with E-state index in [1.165, 1.54) is 6.42 Å². The molecular formula is C9H14ClN3. The summed E-state index contributed by atoms with van der Waals surface area (Å²) in [6, 6.07) is 0. The molecular weight excluding hydrogens is 186 g/mol. The predicted molar refractivity (Wildman–Crippen MR) is 53.2 cm³/mol. The van der Waals surface area contributed by atoms with Crippen LogP contribution in [0.4, 0.5) is 0 Å². The molecule has 0 aliphatic carbocycles. The van der Waals surface area contributed by atoms with Gasteiger partial charge in [0.05, 0.1) is 5.69 Å². The van der Waals surface area contributed by atoms with Crippen molar-refractivity contribution in [2.75, 3.05) is 13.6 Å². The molecule has 0 atom stereocenters. The molecule has 1 aromatic heterocycles.